The summed E-state index contributed by atoms with van der Waals surface area (Å²) in [5, 5.41) is 8.78. The van der Waals surface area contributed by atoms with Gasteiger partial charge >= 0.3 is 0 Å². The molecule has 0 saturated heterocycles. The minimum Gasteiger partial charge on any atom is -0.376 e. The summed E-state index contributed by atoms with van der Waals surface area (Å²) >= 11 is 0. The smallest absolute Gasteiger partial charge is 0.253 e. The van der Waals surface area contributed by atoms with Crippen molar-refractivity contribution in [2.24, 2.45) is 5.92 Å². The van der Waals surface area contributed by atoms with Gasteiger partial charge in [-0.3, -0.25) is 9.59 Å². The number of nitrogens with one attached hydrogen (secondary N) is 3. The first kappa shape index (κ1) is 19.5. The second-order valence-electron chi connectivity index (χ2n) is 6.60. The topological polar surface area (TPSA) is 70.2 Å². The zero-order chi connectivity index (χ0) is 18.9. The highest BCUT2D eigenvalue weighted by Gasteiger charge is 2.13. The van der Waals surface area contributed by atoms with Crippen LogP contribution >= 0.6 is 0 Å². The molecule has 0 aliphatic carbocycles. The van der Waals surface area contributed by atoms with Crippen molar-refractivity contribution >= 4 is 23.2 Å². The molecule has 2 rings (SSSR count). The van der Waals surface area contributed by atoms with Crippen molar-refractivity contribution in [1.29, 1.82) is 0 Å². The molecule has 0 aliphatic heterocycles. The molecular weight excluding hydrogens is 326 g/mol. The first-order valence-corrected chi connectivity index (χ1v) is 8.99. The van der Waals surface area contributed by atoms with Gasteiger partial charge < -0.3 is 16.0 Å². The van der Waals surface area contributed by atoms with Gasteiger partial charge in [-0.2, -0.15) is 0 Å². The van der Waals surface area contributed by atoms with Crippen LogP contribution in [0.5, 0.6) is 0 Å². The van der Waals surface area contributed by atoms with Crippen LogP contribution < -0.4 is 16.0 Å². The standard InChI is InChI=1S/C21H27N3O2/c1-4-16-9-11-17(12-10-16)22-14-20(25)24-19-8-6-5-7-18(19)21(26)23-13-15(2)3/h5-12,15,22H,4,13-14H2,1-3H3,(H,23,26)(H,24,25). The monoisotopic (exact) mass is 353 g/mol. The van der Waals surface area contributed by atoms with E-state index in [-0.39, 0.29) is 18.4 Å². The van der Waals surface area contributed by atoms with Crippen molar-refractivity contribution in [3.05, 3.63) is 59.7 Å². The van der Waals surface area contributed by atoms with Gasteiger partial charge in [-0.25, -0.2) is 0 Å². The average Bonchev–Trinajstić information content (AvgIpc) is 2.65. The SMILES string of the molecule is CCc1ccc(NCC(=O)Nc2ccccc2C(=O)NCC(C)C)cc1. The summed E-state index contributed by atoms with van der Waals surface area (Å²) in [5.41, 5.74) is 3.12. The van der Waals surface area contributed by atoms with E-state index in [1.165, 1.54) is 5.56 Å². The molecule has 0 bridgehead atoms. The Bertz CT molecular complexity index is 739. The molecule has 26 heavy (non-hydrogen) atoms. The largest absolute Gasteiger partial charge is 0.376 e. The van der Waals surface area contributed by atoms with E-state index in [1.54, 1.807) is 24.3 Å². The second-order valence-corrected chi connectivity index (χ2v) is 6.60. The van der Waals surface area contributed by atoms with Crippen LogP contribution in [-0.4, -0.2) is 24.9 Å². The first-order valence-electron chi connectivity index (χ1n) is 8.99. The van der Waals surface area contributed by atoms with Crippen LogP contribution in [0.25, 0.3) is 0 Å². The van der Waals surface area contributed by atoms with Crippen molar-refractivity contribution in [2.45, 2.75) is 27.2 Å². The molecule has 2 aromatic rings. The van der Waals surface area contributed by atoms with Gasteiger partial charge in [0.15, 0.2) is 0 Å². The van der Waals surface area contributed by atoms with E-state index in [0.29, 0.717) is 23.7 Å². The minimum absolute atomic E-state index is 0.132. The van der Waals surface area contributed by atoms with Crippen molar-refractivity contribution in [3.8, 4) is 0 Å². The lowest BCUT2D eigenvalue weighted by Gasteiger charge is -2.13. The lowest BCUT2D eigenvalue weighted by atomic mass is 10.1. The van der Waals surface area contributed by atoms with Crippen LogP contribution in [0.1, 0.15) is 36.7 Å². The Morgan fingerprint density at radius 1 is 1.00 bits per heavy atom. The fourth-order valence-electron chi connectivity index (χ4n) is 2.42. The number of hydrogen-bond donors (Lipinski definition) is 3. The highest BCUT2D eigenvalue weighted by molar-refractivity contribution is 6.04. The van der Waals surface area contributed by atoms with Gasteiger partial charge in [0.1, 0.15) is 0 Å². The lowest BCUT2D eigenvalue weighted by Crippen LogP contribution is -2.29. The predicted molar refractivity (Wildman–Crippen MR) is 107 cm³/mol. The van der Waals surface area contributed by atoms with Crippen LogP contribution in [0.3, 0.4) is 0 Å². The van der Waals surface area contributed by atoms with Gasteiger partial charge in [-0.1, -0.05) is 45.0 Å². The van der Waals surface area contributed by atoms with E-state index in [0.717, 1.165) is 12.1 Å². The Morgan fingerprint density at radius 3 is 2.35 bits per heavy atom. The summed E-state index contributed by atoms with van der Waals surface area (Å²) < 4.78 is 0. The van der Waals surface area contributed by atoms with Crippen molar-refractivity contribution < 1.29 is 9.59 Å². The maximum absolute atomic E-state index is 12.3. The fraction of sp³-hybridized carbons (Fsp3) is 0.333. The Hall–Kier alpha value is -2.82. The van der Waals surface area contributed by atoms with Crippen molar-refractivity contribution in [3.63, 3.8) is 0 Å². The van der Waals surface area contributed by atoms with Crippen LogP contribution in [0, 0.1) is 5.92 Å². The zero-order valence-corrected chi connectivity index (χ0v) is 15.6. The molecule has 2 aromatic carbocycles. The van der Waals surface area contributed by atoms with Crippen LogP contribution in [-0.2, 0) is 11.2 Å². The molecule has 5 nitrogen and oxygen atoms in total. The van der Waals surface area contributed by atoms with E-state index >= 15 is 0 Å². The summed E-state index contributed by atoms with van der Waals surface area (Å²) in [6, 6.07) is 15.0. The molecule has 0 fully saturated rings. The van der Waals surface area contributed by atoms with Gasteiger partial charge in [0.05, 0.1) is 17.8 Å². The van der Waals surface area contributed by atoms with E-state index in [1.807, 2.05) is 38.1 Å². The molecule has 0 spiro atoms. The quantitative estimate of drug-likeness (QED) is 0.678. The van der Waals surface area contributed by atoms with E-state index in [9.17, 15) is 9.59 Å². The Morgan fingerprint density at radius 2 is 1.69 bits per heavy atom. The predicted octanol–water partition coefficient (Wildman–Crippen LogP) is 3.69. The average molecular weight is 353 g/mol. The third kappa shape index (κ3) is 5.92. The summed E-state index contributed by atoms with van der Waals surface area (Å²) in [4.78, 5) is 24.6. The molecule has 0 aliphatic rings. The summed E-state index contributed by atoms with van der Waals surface area (Å²) in [6.07, 6.45) is 0.983. The number of carbonyl (C=O) groups excluding carboxylic acids is 2. The van der Waals surface area contributed by atoms with Crippen LogP contribution in [0.4, 0.5) is 11.4 Å². The number of hydrogen-bond acceptors (Lipinski definition) is 3. The maximum Gasteiger partial charge on any atom is 0.253 e. The number of carbonyl (C=O) groups is 2. The van der Waals surface area contributed by atoms with E-state index in [2.05, 4.69) is 22.9 Å². The first-order chi connectivity index (χ1) is 12.5. The number of benzene rings is 2. The van der Waals surface area contributed by atoms with Gasteiger partial charge in [-0.05, 0) is 42.2 Å². The molecule has 0 radical (unpaired) electrons. The number of anilines is 2. The van der Waals surface area contributed by atoms with Gasteiger partial charge in [0.25, 0.3) is 5.91 Å². The Labute approximate surface area is 155 Å². The highest BCUT2D eigenvalue weighted by Crippen LogP contribution is 2.15. The number of para-hydroxylation sites is 1. The summed E-state index contributed by atoms with van der Waals surface area (Å²) in [7, 11) is 0. The van der Waals surface area contributed by atoms with Gasteiger partial charge in [0.2, 0.25) is 5.91 Å². The molecular formula is C21H27N3O2. The molecule has 2 amide bonds. The molecule has 0 saturated carbocycles. The molecule has 5 heteroatoms. The Kier molecular flexibility index (Phi) is 7.21. The lowest BCUT2D eigenvalue weighted by molar-refractivity contribution is -0.114. The summed E-state index contributed by atoms with van der Waals surface area (Å²) in [5.74, 6) is -0.0182. The highest BCUT2D eigenvalue weighted by atomic mass is 16.2. The van der Waals surface area contributed by atoms with Crippen LogP contribution in [0.15, 0.2) is 48.5 Å². The minimum atomic E-state index is -0.200. The second kappa shape index (κ2) is 9.61. The van der Waals surface area contributed by atoms with Crippen molar-refractivity contribution in [1.82, 2.24) is 5.32 Å². The van der Waals surface area contributed by atoms with E-state index in [4.69, 9.17) is 0 Å². The third-order valence-electron chi connectivity index (χ3n) is 3.93. The molecule has 0 heterocycles. The third-order valence-corrected chi connectivity index (χ3v) is 3.93. The zero-order valence-electron chi connectivity index (χ0n) is 15.6. The number of aryl methyl sites for hydroxylation is 1. The van der Waals surface area contributed by atoms with Gasteiger partial charge in [0, 0.05) is 12.2 Å². The molecule has 0 aromatic heterocycles. The van der Waals surface area contributed by atoms with Gasteiger partial charge in [-0.15, -0.1) is 0 Å². The van der Waals surface area contributed by atoms with Crippen LogP contribution in [0.2, 0.25) is 0 Å². The molecule has 0 unspecified atom stereocenters. The summed E-state index contributed by atoms with van der Waals surface area (Å²) in [6.45, 7) is 6.90. The number of rotatable bonds is 8. The molecule has 3 N–H and O–H groups in total. The molecule has 0 atom stereocenters. The number of amides is 2. The Balaban J connectivity index is 1.94. The molecule has 138 valence electrons. The maximum atomic E-state index is 12.3. The van der Waals surface area contributed by atoms with Crippen molar-refractivity contribution in [2.75, 3.05) is 23.7 Å². The van der Waals surface area contributed by atoms with E-state index < -0.39 is 0 Å². The normalized spacial score (nSPS) is 10.5. The fourth-order valence-corrected chi connectivity index (χ4v) is 2.42.